The number of amides is 1. The zero-order valence-electron chi connectivity index (χ0n) is 12.6. The zero-order chi connectivity index (χ0) is 15.5. The van der Waals surface area contributed by atoms with Crippen molar-refractivity contribution < 1.29 is 19.4 Å². The molecule has 118 valence electrons. The first kappa shape index (κ1) is 17.4. The van der Waals surface area contributed by atoms with Crippen LogP contribution >= 0.6 is 0 Å². The van der Waals surface area contributed by atoms with Gasteiger partial charge in [-0.2, -0.15) is 0 Å². The van der Waals surface area contributed by atoms with E-state index in [9.17, 15) is 9.90 Å². The smallest absolute Gasteiger partial charge is 0.234 e. The minimum atomic E-state index is -0.668. The lowest BCUT2D eigenvalue weighted by molar-refractivity contribution is -0.120. The Hall–Kier alpha value is -1.63. The number of carbonyl (C=O) groups is 1. The minimum Gasteiger partial charge on any atom is -0.491 e. The van der Waals surface area contributed by atoms with E-state index >= 15 is 0 Å². The third-order valence-corrected chi connectivity index (χ3v) is 2.76. The number of ether oxygens (including phenoxy) is 2. The Morgan fingerprint density at radius 2 is 2.05 bits per heavy atom. The maximum atomic E-state index is 11.4. The number of rotatable bonds is 10. The van der Waals surface area contributed by atoms with Crippen LogP contribution in [-0.4, -0.2) is 57.1 Å². The van der Waals surface area contributed by atoms with Crippen molar-refractivity contribution in [2.75, 3.05) is 40.0 Å². The lowest BCUT2D eigenvalue weighted by atomic mass is 10.2. The Bertz CT molecular complexity index is 409. The number of methoxy groups -OCH3 is 1. The first-order chi connectivity index (χ1) is 10.1. The molecule has 0 aliphatic heterocycles. The fraction of sp³-hybridized carbons (Fsp3) is 0.533. The van der Waals surface area contributed by atoms with Crippen molar-refractivity contribution in [2.45, 2.75) is 13.0 Å². The average Bonchev–Trinajstić information content (AvgIpc) is 2.47. The molecule has 1 unspecified atom stereocenters. The van der Waals surface area contributed by atoms with Crippen LogP contribution in [0.2, 0.25) is 0 Å². The van der Waals surface area contributed by atoms with Crippen molar-refractivity contribution in [3.8, 4) is 5.75 Å². The van der Waals surface area contributed by atoms with E-state index in [4.69, 9.17) is 9.47 Å². The molecule has 1 atom stereocenters. The number of nitrogens with one attached hydrogen (secondary N) is 2. The third-order valence-electron chi connectivity index (χ3n) is 2.76. The molecule has 6 nitrogen and oxygen atoms in total. The lowest BCUT2D eigenvalue weighted by Gasteiger charge is -2.13. The van der Waals surface area contributed by atoms with E-state index in [1.165, 1.54) is 0 Å². The van der Waals surface area contributed by atoms with E-state index in [0.717, 1.165) is 11.3 Å². The summed E-state index contributed by atoms with van der Waals surface area (Å²) in [5, 5.41) is 15.3. The molecule has 6 heteroatoms. The normalized spacial score (nSPS) is 12.0. The Morgan fingerprint density at radius 1 is 1.33 bits per heavy atom. The molecule has 0 bridgehead atoms. The van der Waals surface area contributed by atoms with Crippen LogP contribution in [-0.2, 0) is 9.53 Å². The van der Waals surface area contributed by atoms with E-state index in [0.29, 0.717) is 19.7 Å². The number of aliphatic hydroxyl groups is 1. The van der Waals surface area contributed by atoms with Crippen LogP contribution in [0.3, 0.4) is 0 Å². The molecule has 0 spiro atoms. The highest BCUT2D eigenvalue weighted by molar-refractivity contribution is 5.77. The van der Waals surface area contributed by atoms with Crippen LogP contribution in [0.25, 0.3) is 0 Å². The molecule has 0 saturated heterocycles. The highest BCUT2D eigenvalue weighted by Crippen LogP contribution is 2.11. The van der Waals surface area contributed by atoms with E-state index in [1.807, 2.05) is 31.2 Å². The molecule has 0 radical (unpaired) electrons. The van der Waals surface area contributed by atoms with Gasteiger partial charge in [0.15, 0.2) is 0 Å². The van der Waals surface area contributed by atoms with Crippen molar-refractivity contribution in [3.63, 3.8) is 0 Å². The van der Waals surface area contributed by atoms with E-state index < -0.39 is 6.10 Å². The van der Waals surface area contributed by atoms with Crippen molar-refractivity contribution >= 4 is 5.91 Å². The molecular weight excluding hydrogens is 272 g/mol. The molecule has 3 N–H and O–H groups in total. The summed E-state index contributed by atoms with van der Waals surface area (Å²) < 4.78 is 10.3. The van der Waals surface area contributed by atoms with Crippen molar-refractivity contribution in [1.29, 1.82) is 0 Å². The highest BCUT2D eigenvalue weighted by atomic mass is 16.5. The van der Waals surface area contributed by atoms with E-state index in [2.05, 4.69) is 10.6 Å². The van der Waals surface area contributed by atoms with Gasteiger partial charge in [0.05, 0.1) is 13.2 Å². The topological polar surface area (TPSA) is 79.8 Å². The predicted octanol–water partition coefficient (Wildman–Crippen LogP) is 0.0869. The lowest BCUT2D eigenvalue weighted by Crippen LogP contribution is -2.39. The minimum absolute atomic E-state index is 0.126. The highest BCUT2D eigenvalue weighted by Gasteiger charge is 2.06. The number of aliphatic hydroxyl groups excluding tert-OH is 1. The van der Waals surface area contributed by atoms with Gasteiger partial charge in [-0.15, -0.1) is 0 Å². The van der Waals surface area contributed by atoms with Crippen LogP contribution in [0, 0.1) is 6.92 Å². The van der Waals surface area contributed by atoms with E-state index in [1.54, 1.807) is 7.11 Å². The standard InChI is InChI=1S/C15H24N2O4/c1-12-3-5-14(6-4-12)21-11-13(18)9-16-10-15(19)17-7-8-20-2/h3-6,13,16,18H,7-11H2,1-2H3,(H,17,19). The van der Waals surface area contributed by atoms with Gasteiger partial charge in [-0.3, -0.25) is 4.79 Å². The van der Waals surface area contributed by atoms with Crippen LogP contribution in [0.1, 0.15) is 5.56 Å². The molecule has 0 aromatic heterocycles. The number of hydrogen-bond acceptors (Lipinski definition) is 5. The summed E-state index contributed by atoms with van der Waals surface area (Å²) in [4.78, 5) is 11.4. The van der Waals surface area contributed by atoms with Gasteiger partial charge in [-0.25, -0.2) is 0 Å². The summed E-state index contributed by atoms with van der Waals surface area (Å²) in [7, 11) is 1.58. The second-order valence-corrected chi connectivity index (χ2v) is 4.75. The molecule has 0 fully saturated rings. The molecule has 0 aliphatic rings. The number of benzene rings is 1. The maximum Gasteiger partial charge on any atom is 0.234 e. The predicted molar refractivity (Wildman–Crippen MR) is 80.4 cm³/mol. The van der Waals surface area contributed by atoms with Crippen molar-refractivity contribution in [3.05, 3.63) is 29.8 Å². The number of hydrogen-bond donors (Lipinski definition) is 3. The van der Waals surface area contributed by atoms with Crippen molar-refractivity contribution in [1.82, 2.24) is 10.6 Å². The first-order valence-electron chi connectivity index (χ1n) is 6.95. The zero-order valence-corrected chi connectivity index (χ0v) is 12.6. The molecule has 1 aromatic carbocycles. The van der Waals surface area contributed by atoms with Crippen LogP contribution in [0.5, 0.6) is 5.75 Å². The Kier molecular flexibility index (Phi) is 8.42. The molecule has 0 heterocycles. The van der Waals surface area contributed by atoms with Gasteiger partial charge in [0, 0.05) is 20.2 Å². The second-order valence-electron chi connectivity index (χ2n) is 4.75. The largest absolute Gasteiger partial charge is 0.491 e. The summed E-state index contributed by atoms with van der Waals surface area (Å²) in [5.74, 6) is 0.593. The van der Waals surface area contributed by atoms with Gasteiger partial charge < -0.3 is 25.2 Å². The number of aryl methyl sites for hydroxylation is 1. The SMILES string of the molecule is COCCNC(=O)CNCC(O)COc1ccc(C)cc1. The summed E-state index contributed by atoms with van der Waals surface area (Å²) in [5.41, 5.74) is 1.16. The van der Waals surface area contributed by atoms with Gasteiger partial charge in [0.1, 0.15) is 18.5 Å². The summed E-state index contributed by atoms with van der Waals surface area (Å²) in [6.45, 7) is 3.60. The molecule has 1 rings (SSSR count). The second kappa shape index (κ2) is 10.1. The third kappa shape index (κ3) is 8.29. The van der Waals surface area contributed by atoms with Gasteiger partial charge in [-0.1, -0.05) is 17.7 Å². The van der Waals surface area contributed by atoms with Gasteiger partial charge in [0.2, 0.25) is 5.91 Å². The fourth-order valence-corrected chi connectivity index (χ4v) is 1.59. The first-order valence-corrected chi connectivity index (χ1v) is 6.95. The maximum absolute atomic E-state index is 11.4. The molecule has 1 amide bonds. The fourth-order valence-electron chi connectivity index (χ4n) is 1.59. The quantitative estimate of drug-likeness (QED) is 0.533. The Balaban J connectivity index is 2.09. The Morgan fingerprint density at radius 3 is 2.71 bits per heavy atom. The van der Waals surface area contributed by atoms with Crippen LogP contribution in [0.4, 0.5) is 0 Å². The van der Waals surface area contributed by atoms with Gasteiger partial charge in [-0.05, 0) is 19.1 Å². The van der Waals surface area contributed by atoms with E-state index in [-0.39, 0.29) is 19.1 Å². The number of carbonyl (C=O) groups excluding carboxylic acids is 1. The van der Waals surface area contributed by atoms with Crippen LogP contribution in [0.15, 0.2) is 24.3 Å². The summed E-state index contributed by atoms with van der Waals surface area (Å²) in [6, 6.07) is 7.62. The van der Waals surface area contributed by atoms with Gasteiger partial charge in [0.25, 0.3) is 0 Å². The summed E-state index contributed by atoms with van der Waals surface area (Å²) >= 11 is 0. The van der Waals surface area contributed by atoms with Crippen LogP contribution < -0.4 is 15.4 Å². The monoisotopic (exact) mass is 296 g/mol. The van der Waals surface area contributed by atoms with Gasteiger partial charge >= 0.3 is 0 Å². The molecule has 1 aromatic rings. The average molecular weight is 296 g/mol. The Labute approximate surface area is 125 Å². The molecule has 0 aliphatic carbocycles. The molecular formula is C15H24N2O4. The molecule has 0 saturated carbocycles. The summed E-state index contributed by atoms with van der Waals surface area (Å²) in [6.07, 6.45) is -0.668. The molecule has 21 heavy (non-hydrogen) atoms. The van der Waals surface area contributed by atoms with Crippen molar-refractivity contribution in [2.24, 2.45) is 0 Å².